The average molecular weight is 278 g/mol. The molecule has 0 aliphatic carbocycles. The van der Waals surface area contributed by atoms with E-state index in [0.717, 1.165) is 16.9 Å². The molecule has 0 unspecified atom stereocenters. The molecule has 2 rings (SSSR count). The second kappa shape index (κ2) is 5.38. The minimum atomic E-state index is 0.391. The molecule has 0 bridgehead atoms. The van der Waals surface area contributed by atoms with Gasteiger partial charge in [-0.05, 0) is 48.9 Å². The largest absolute Gasteiger partial charge is 0.457 e. The Morgan fingerprint density at radius 2 is 1.89 bits per heavy atom. The zero-order valence-corrected chi connectivity index (χ0v) is 11.4. The lowest BCUT2D eigenvalue weighted by molar-refractivity contribution is 0.482. The summed E-state index contributed by atoms with van der Waals surface area (Å²) in [7, 11) is 0. The Morgan fingerprint density at radius 1 is 1.17 bits per heavy atom. The molecular formula is C14H12ClNOS. The fourth-order valence-corrected chi connectivity index (χ4v) is 2.05. The van der Waals surface area contributed by atoms with Gasteiger partial charge in [0.1, 0.15) is 16.5 Å². The summed E-state index contributed by atoms with van der Waals surface area (Å²) in [5, 5.41) is 0.643. The van der Waals surface area contributed by atoms with Crippen LogP contribution < -0.4 is 10.5 Å². The van der Waals surface area contributed by atoms with Gasteiger partial charge in [-0.15, -0.1) is 0 Å². The van der Waals surface area contributed by atoms with Crippen molar-refractivity contribution in [2.24, 2.45) is 5.73 Å². The summed E-state index contributed by atoms with van der Waals surface area (Å²) in [6.45, 7) is 1.94. The molecule has 0 fully saturated rings. The molecule has 0 aromatic heterocycles. The molecule has 0 saturated carbocycles. The van der Waals surface area contributed by atoms with Gasteiger partial charge in [0.15, 0.2) is 0 Å². The number of thiocarbonyl (C=S) groups is 1. The lowest BCUT2D eigenvalue weighted by atomic mass is 10.1. The van der Waals surface area contributed by atoms with Crippen molar-refractivity contribution in [2.45, 2.75) is 6.92 Å². The van der Waals surface area contributed by atoms with Crippen LogP contribution in [0.25, 0.3) is 0 Å². The Morgan fingerprint density at radius 3 is 2.50 bits per heavy atom. The van der Waals surface area contributed by atoms with Gasteiger partial charge in [-0.25, -0.2) is 0 Å². The van der Waals surface area contributed by atoms with Crippen LogP contribution in [0.3, 0.4) is 0 Å². The van der Waals surface area contributed by atoms with E-state index in [-0.39, 0.29) is 0 Å². The number of ether oxygens (including phenoxy) is 1. The molecule has 4 heteroatoms. The van der Waals surface area contributed by atoms with Gasteiger partial charge in [0.05, 0.1) is 0 Å². The Hall–Kier alpha value is -1.58. The zero-order chi connectivity index (χ0) is 13.1. The minimum absolute atomic E-state index is 0.391. The summed E-state index contributed by atoms with van der Waals surface area (Å²) in [6, 6.07) is 12.8. The summed E-state index contributed by atoms with van der Waals surface area (Å²) in [5.74, 6) is 1.43. The van der Waals surface area contributed by atoms with E-state index in [4.69, 9.17) is 34.3 Å². The highest BCUT2D eigenvalue weighted by Crippen LogP contribution is 2.25. The van der Waals surface area contributed by atoms with E-state index in [1.54, 1.807) is 12.1 Å². The van der Waals surface area contributed by atoms with Crippen LogP contribution in [0.1, 0.15) is 11.1 Å². The molecule has 0 saturated heterocycles. The molecule has 0 radical (unpaired) electrons. The third kappa shape index (κ3) is 3.00. The number of rotatable bonds is 3. The topological polar surface area (TPSA) is 35.2 Å². The molecule has 2 aromatic carbocycles. The number of benzene rings is 2. The van der Waals surface area contributed by atoms with Crippen LogP contribution in [0.4, 0.5) is 0 Å². The molecule has 0 aliphatic rings. The fraction of sp³-hybridized carbons (Fsp3) is 0.0714. The van der Waals surface area contributed by atoms with Gasteiger partial charge >= 0.3 is 0 Å². The van der Waals surface area contributed by atoms with Gasteiger partial charge in [-0.2, -0.15) is 0 Å². The summed E-state index contributed by atoms with van der Waals surface area (Å²) in [6.07, 6.45) is 0. The molecule has 0 spiro atoms. The molecule has 0 amide bonds. The highest BCUT2D eigenvalue weighted by atomic mass is 35.5. The molecule has 2 nitrogen and oxygen atoms in total. The predicted octanol–water partition coefficient (Wildman–Crippen LogP) is 4.07. The Balaban J connectivity index is 2.25. The number of hydrogen-bond acceptors (Lipinski definition) is 2. The molecule has 0 atom stereocenters. The van der Waals surface area contributed by atoms with Gasteiger partial charge < -0.3 is 10.5 Å². The van der Waals surface area contributed by atoms with E-state index in [1.165, 1.54) is 0 Å². The Labute approximate surface area is 116 Å². The average Bonchev–Trinajstić information content (AvgIpc) is 2.28. The van der Waals surface area contributed by atoms with Crippen molar-refractivity contribution in [2.75, 3.05) is 0 Å². The lowest BCUT2D eigenvalue weighted by Crippen LogP contribution is -2.10. The van der Waals surface area contributed by atoms with Gasteiger partial charge in [0, 0.05) is 10.6 Å². The Bertz CT molecular complexity index is 598. The SMILES string of the molecule is Cc1cc(Oc2cccc(Cl)c2)ccc1C(N)=S. The van der Waals surface area contributed by atoms with E-state index in [9.17, 15) is 0 Å². The van der Waals surface area contributed by atoms with Gasteiger partial charge in [-0.3, -0.25) is 0 Å². The normalized spacial score (nSPS) is 10.1. The molecule has 2 N–H and O–H groups in total. The summed E-state index contributed by atoms with van der Waals surface area (Å²) < 4.78 is 5.71. The van der Waals surface area contributed by atoms with E-state index >= 15 is 0 Å². The van der Waals surface area contributed by atoms with E-state index < -0.39 is 0 Å². The van der Waals surface area contributed by atoms with Crippen molar-refractivity contribution in [3.05, 3.63) is 58.6 Å². The van der Waals surface area contributed by atoms with Crippen molar-refractivity contribution in [1.29, 1.82) is 0 Å². The standard InChI is InChI=1S/C14H12ClNOS/c1-9-7-12(5-6-13(9)14(16)18)17-11-4-2-3-10(15)8-11/h2-8H,1H3,(H2,16,18). The highest BCUT2D eigenvalue weighted by molar-refractivity contribution is 7.80. The molecule has 0 heterocycles. The molecule has 92 valence electrons. The van der Waals surface area contributed by atoms with E-state index in [0.29, 0.717) is 15.8 Å². The number of aryl methyl sites for hydroxylation is 1. The van der Waals surface area contributed by atoms with Crippen LogP contribution in [0.2, 0.25) is 5.02 Å². The third-order valence-corrected chi connectivity index (χ3v) is 2.95. The summed E-state index contributed by atoms with van der Waals surface area (Å²) in [4.78, 5) is 0.391. The van der Waals surface area contributed by atoms with Crippen molar-refractivity contribution in [3.63, 3.8) is 0 Å². The maximum absolute atomic E-state index is 5.90. The number of hydrogen-bond donors (Lipinski definition) is 1. The van der Waals surface area contributed by atoms with Crippen LogP contribution in [0.5, 0.6) is 11.5 Å². The molecule has 0 aliphatic heterocycles. The predicted molar refractivity (Wildman–Crippen MR) is 78.6 cm³/mol. The fourth-order valence-electron chi connectivity index (χ4n) is 1.64. The van der Waals surface area contributed by atoms with Crippen molar-refractivity contribution >= 4 is 28.8 Å². The van der Waals surface area contributed by atoms with Crippen LogP contribution in [-0.4, -0.2) is 4.99 Å². The van der Waals surface area contributed by atoms with Gasteiger partial charge in [0.2, 0.25) is 0 Å². The number of nitrogens with two attached hydrogens (primary N) is 1. The second-order valence-electron chi connectivity index (χ2n) is 3.90. The maximum Gasteiger partial charge on any atom is 0.128 e. The molecule has 18 heavy (non-hydrogen) atoms. The van der Waals surface area contributed by atoms with E-state index in [2.05, 4.69) is 0 Å². The summed E-state index contributed by atoms with van der Waals surface area (Å²) in [5.41, 5.74) is 7.46. The lowest BCUT2D eigenvalue weighted by Gasteiger charge is -2.09. The van der Waals surface area contributed by atoms with Gasteiger partial charge in [-0.1, -0.05) is 29.9 Å². The highest BCUT2D eigenvalue weighted by Gasteiger charge is 2.04. The van der Waals surface area contributed by atoms with Crippen molar-refractivity contribution in [1.82, 2.24) is 0 Å². The van der Waals surface area contributed by atoms with Crippen molar-refractivity contribution in [3.8, 4) is 11.5 Å². The van der Waals surface area contributed by atoms with Crippen LogP contribution in [-0.2, 0) is 0 Å². The first-order valence-corrected chi connectivity index (χ1v) is 6.19. The first kappa shape index (κ1) is 12.9. The number of halogens is 1. The molecule has 2 aromatic rings. The van der Waals surface area contributed by atoms with Crippen molar-refractivity contribution < 1.29 is 4.74 Å². The quantitative estimate of drug-likeness (QED) is 0.859. The minimum Gasteiger partial charge on any atom is -0.457 e. The summed E-state index contributed by atoms with van der Waals surface area (Å²) >= 11 is 10.9. The molecular weight excluding hydrogens is 266 g/mol. The Kier molecular flexibility index (Phi) is 3.84. The maximum atomic E-state index is 5.90. The monoisotopic (exact) mass is 277 g/mol. The first-order chi connectivity index (χ1) is 8.56. The third-order valence-electron chi connectivity index (χ3n) is 2.50. The zero-order valence-electron chi connectivity index (χ0n) is 9.81. The van der Waals surface area contributed by atoms with Crippen LogP contribution >= 0.6 is 23.8 Å². The van der Waals surface area contributed by atoms with Crippen LogP contribution in [0.15, 0.2) is 42.5 Å². The van der Waals surface area contributed by atoms with Crippen LogP contribution in [0, 0.1) is 6.92 Å². The van der Waals surface area contributed by atoms with Gasteiger partial charge in [0.25, 0.3) is 0 Å². The smallest absolute Gasteiger partial charge is 0.128 e. The second-order valence-corrected chi connectivity index (χ2v) is 4.78. The first-order valence-electron chi connectivity index (χ1n) is 5.40. The van der Waals surface area contributed by atoms with E-state index in [1.807, 2.05) is 37.3 Å².